The van der Waals surface area contributed by atoms with Crippen LogP contribution in [0.5, 0.6) is 5.75 Å². The number of nitrogens with two attached hydrogens (primary N) is 1. The highest BCUT2D eigenvalue weighted by atomic mass is 19.3. The molecule has 18 heavy (non-hydrogen) atoms. The lowest BCUT2D eigenvalue weighted by Crippen LogP contribution is -2.05. The summed E-state index contributed by atoms with van der Waals surface area (Å²) in [5.74, 6) is -0.395. The molecule has 5 heteroatoms. The van der Waals surface area contributed by atoms with Gasteiger partial charge >= 0.3 is 6.61 Å². The van der Waals surface area contributed by atoms with Gasteiger partial charge in [-0.3, -0.25) is 0 Å². The van der Waals surface area contributed by atoms with Crippen molar-refractivity contribution in [1.29, 1.82) is 0 Å². The van der Waals surface area contributed by atoms with E-state index in [9.17, 15) is 13.2 Å². The molecular weight excluding hydrogens is 243 g/mol. The summed E-state index contributed by atoms with van der Waals surface area (Å²) in [6.07, 6.45) is 0. The van der Waals surface area contributed by atoms with Crippen LogP contribution in [0.4, 0.5) is 13.2 Å². The minimum atomic E-state index is -2.94. The van der Waals surface area contributed by atoms with Crippen LogP contribution in [0.2, 0.25) is 0 Å². The van der Waals surface area contributed by atoms with E-state index < -0.39 is 12.4 Å². The number of alkyl halides is 2. The largest absolute Gasteiger partial charge is 0.435 e. The molecule has 0 heterocycles. The molecule has 0 bridgehead atoms. The zero-order chi connectivity index (χ0) is 13.5. The van der Waals surface area contributed by atoms with Crippen LogP contribution in [0.3, 0.4) is 0 Å². The molecule has 0 amide bonds. The molecule has 1 fully saturated rings. The van der Waals surface area contributed by atoms with Crippen molar-refractivity contribution in [2.75, 3.05) is 6.54 Å². The first kappa shape index (κ1) is 13.2. The van der Waals surface area contributed by atoms with Crippen LogP contribution >= 0.6 is 0 Å². The summed E-state index contributed by atoms with van der Waals surface area (Å²) in [6, 6.07) is 3.88. The average Bonchev–Trinajstić information content (AvgIpc) is 2.79. The molecule has 1 aromatic rings. The van der Waals surface area contributed by atoms with Crippen LogP contribution < -0.4 is 10.5 Å². The first-order valence-corrected chi connectivity index (χ1v) is 5.82. The number of rotatable bonds is 4. The highest BCUT2D eigenvalue weighted by Crippen LogP contribution is 2.64. The third-order valence-electron chi connectivity index (χ3n) is 3.84. The Labute approximate surface area is 104 Å². The fraction of sp³-hybridized carbons (Fsp3) is 0.538. The van der Waals surface area contributed by atoms with E-state index >= 15 is 0 Å². The SMILES string of the molecule is CC1(C)[C@H](CN)[C@H]1c1ccc(OC(F)F)cc1F. The molecule has 0 aliphatic heterocycles. The Morgan fingerprint density at radius 2 is 2.06 bits per heavy atom. The first-order valence-electron chi connectivity index (χ1n) is 5.82. The lowest BCUT2D eigenvalue weighted by molar-refractivity contribution is -0.0500. The Bertz CT molecular complexity index is 448. The van der Waals surface area contributed by atoms with Gasteiger partial charge in [0.1, 0.15) is 11.6 Å². The zero-order valence-electron chi connectivity index (χ0n) is 10.3. The molecule has 0 spiro atoms. The lowest BCUT2D eigenvalue weighted by atomic mass is 10.0. The molecule has 1 saturated carbocycles. The number of halogens is 3. The minimum absolute atomic E-state index is 0.0410. The Morgan fingerprint density at radius 1 is 1.39 bits per heavy atom. The highest BCUT2D eigenvalue weighted by molar-refractivity contribution is 5.37. The van der Waals surface area contributed by atoms with Gasteiger partial charge in [-0.05, 0) is 35.4 Å². The van der Waals surface area contributed by atoms with Crippen LogP contribution in [-0.2, 0) is 0 Å². The van der Waals surface area contributed by atoms with Gasteiger partial charge in [0.25, 0.3) is 0 Å². The van der Waals surface area contributed by atoms with Gasteiger partial charge in [-0.2, -0.15) is 8.78 Å². The van der Waals surface area contributed by atoms with E-state index in [1.165, 1.54) is 12.1 Å². The molecule has 1 aliphatic carbocycles. The van der Waals surface area contributed by atoms with Gasteiger partial charge < -0.3 is 10.5 Å². The van der Waals surface area contributed by atoms with Crippen molar-refractivity contribution < 1.29 is 17.9 Å². The van der Waals surface area contributed by atoms with Crippen molar-refractivity contribution in [2.24, 2.45) is 17.1 Å². The maximum atomic E-state index is 13.9. The molecule has 0 saturated heterocycles. The van der Waals surface area contributed by atoms with E-state index in [1.807, 2.05) is 13.8 Å². The third-order valence-corrected chi connectivity index (χ3v) is 3.84. The zero-order valence-corrected chi connectivity index (χ0v) is 10.3. The Kier molecular flexibility index (Phi) is 3.27. The maximum absolute atomic E-state index is 13.9. The molecule has 0 radical (unpaired) electrons. The second-order valence-electron chi connectivity index (χ2n) is 5.20. The topological polar surface area (TPSA) is 35.2 Å². The van der Waals surface area contributed by atoms with E-state index in [0.717, 1.165) is 6.07 Å². The second kappa shape index (κ2) is 4.46. The monoisotopic (exact) mass is 259 g/mol. The fourth-order valence-corrected chi connectivity index (χ4v) is 2.74. The van der Waals surface area contributed by atoms with Gasteiger partial charge in [0.15, 0.2) is 0 Å². The Balaban J connectivity index is 2.21. The fourth-order valence-electron chi connectivity index (χ4n) is 2.74. The van der Waals surface area contributed by atoms with Gasteiger partial charge in [0, 0.05) is 6.07 Å². The van der Waals surface area contributed by atoms with Crippen molar-refractivity contribution in [3.8, 4) is 5.75 Å². The van der Waals surface area contributed by atoms with Crippen molar-refractivity contribution in [1.82, 2.24) is 0 Å². The summed E-state index contributed by atoms with van der Waals surface area (Å²) in [5, 5.41) is 0. The lowest BCUT2D eigenvalue weighted by Gasteiger charge is -2.08. The summed E-state index contributed by atoms with van der Waals surface area (Å²) < 4.78 is 42.0. The molecule has 2 rings (SSSR count). The molecule has 1 aromatic carbocycles. The molecule has 2 N–H and O–H groups in total. The van der Waals surface area contributed by atoms with Crippen LogP contribution in [0, 0.1) is 17.2 Å². The predicted octanol–water partition coefficient (Wildman–Crippen LogP) is 3.13. The second-order valence-corrected chi connectivity index (χ2v) is 5.20. The van der Waals surface area contributed by atoms with Crippen LogP contribution in [0.1, 0.15) is 25.3 Å². The normalized spacial score (nSPS) is 25.3. The molecule has 100 valence electrons. The van der Waals surface area contributed by atoms with E-state index in [-0.39, 0.29) is 23.0 Å². The molecular formula is C13H16F3NO. The van der Waals surface area contributed by atoms with E-state index in [1.54, 1.807) is 0 Å². The summed E-state index contributed by atoms with van der Waals surface area (Å²) in [7, 11) is 0. The molecule has 1 aliphatic rings. The van der Waals surface area contributed by atoms with Crippen molar-refractivity contribution >= 4 is 0 Å². The third kappa shape index (κ3) is 2.19. The average molecular weight is 259 g/mol. The summed E-state index contributed by atoms with van der Waals surface area (Å²) in [6.45, 7) is 1.60. The molecule has 2 nitrogen and oxygen atoms in total. The van der Waals surface area contributed by atoms with Crippen LogP contribution in [0.25, 0.3) is 0 Å². The van der Waals surface area contributed by atoms with Crippen LogP contribution in [0.15, 0.2) is 18.2 Å². The van der Waals surface area contributed by atoms with Gasteiger partial charge in [-0.25, -0.2) is 4.39 Å². The van der Waals surface area contributed by atoms with Gasteiger partial charge in [0.2, 0.25) is 0 Å². The summed E-state index contributed by atoms with van der Waals surface area (Å²) >= 11 is 0. The maximum Gasteiger partial charge on any atom is 0.387 e. The summed E-state index contributed by atoms with van der Waals surface area (Å²) in [5.41, 5.74) is 6.12. The smallest absolute Gasteiger partial charge is 0.387 e. The Hall–Kier alpha value is -1.23. The quantitative estimate of drug-likeness (QED) is 0.901. The highest BCUT2D eigenvalue weighted by Gasteiger charge is 2.57. The number of ether oxygens (including phenoxy) is 1. The minimum Gasteiger partial charge on any atom is -0.435 e. The van der Waals surface area contributed by atoms with E-state index in [4.69, 9.17) is 5.73 Å². The van der Waals surface area contributed by atoms with Crippen molar-refractivity contribution in [2.45, 2.75) is 26.4 Å². The first-order chi connectivity index (χ1) is 8.37. The number of benzene rings is 1. The predicted molar refractivity (Wildman–Crippen MR) is 62.1 cm³/mol. The molecule has 0 unspecified atom stereocenters. The standard InChI is InChI=1S/C13H16F3NO/c1-13(2)9(6-17)11(13)8-4-3-7(5-10(8)14)18-12(15)16/h3-5,9,11-12H,6,17H2,1-2H3/t9-,11-/m1/s1. The van der Waals surface area contributed by atoms with Crippen molar-refractivity contribution in [3.63, 3.8) is 0 Å². The molecule has 0 aromatic heterocycles. The van der Waals surface area contributed by atoms with E-state index in [2.05, 4.69) is 4.74 Å². The van der Waals surface area contributed by atoms with Gasteiger partial charge in [-0.1, -0.05) is 19.9 Å². The van der Waals surface area contributed by atoms with Crippen LogP contribution in [-0.4, -0.2) is 13.2 Å². The number of hydrogen-bond acceptors (Lipinski definition) is 2. The van der Waals surface area contributed by atoms with Gasteiger partial charge in [0.05, 0.1) is 0 Å². The van der Waals surface area contributed by atoms with Gasteiger partial charge in [-0.15, -0.1) is 0 Å². The Morgan fingerprint density at radius 3 is 2.50 bits per heavy atom. The summed E-state index contributed by atoms with van der Waals surface area (Å²) in [4.78, 5) is 0. The molecule has 2 atom stereocenters. The number of hydrogen-bond donors (Lipinski definition) is 1. The van der Waals surface area contributed by atoms with Crippen molar-refractivity contribution in [3.05, 3.63) is 29.6 Å². The van der Waals surface area contributed by atoms with E-state index in [0.29, 0.717) is 12.1 Å².